The Morgan fingerprint density at radius 3 is 0.878 bits per heavy atom. The van der Waals surface area contributed by atoms with Crippen molar-refractivity contribution in [3.05, 3.63) is 107 Å². The molecule has 0 spiro atoms. The molecule has 0 saturated heterocycles. The van der Waals surface area contributed by atoms with Gasteiger partial charge >= 0.3 is 11.9 Å². The molecule has 0 aromatic rings. The highest BCUT2D eigenvalue weighted by atomic mass is 16.5. The van der Waals surface area contributed by atoms with E-state index in [4.69, 9.17) is 9.47 Å². The number of unbranched alkanes of at least 4 members (excludes halogenated alkanes) is 26. The summed E-state index contributed by atoms with van der Waals surface area (Å²) in [6, 6.07) is 0. The van der Waals surface area contributed by atoms with Crippen molar-refractivity contribution in [3.8, 4) is 0 Å². The number of hydrogen-bond acceptors (Lipinski definition) is 8. The summed E-state index contributed by atoms with van der Waals surface area (Å²) in [5.41, 5.74) is -3.59. The van der Waals surface area contributed by atoms with Gasteiger partial charge in [-0.2, -0.15) is 0 Å². The van der Waals surface area contributed by atoms with E-state index in [0.29, 0.717) is 25.7 Å². The molecule has 0 aromatic carbocycles. The molecule has 8 heteroatoms. The van der Waals surface area contributed by atoms with Crippen LogP contribution < -0.4 is 0 Å². The quantitative estimate of drug-likeness (QED) is 0.0270. The van der Waals surface area contributed by atoms with Crippen molar-refractivity contribution in [2.24, 2.45) is 10.8 Å². The Morgan fingerprint density at radius 2 is 0.610 bits per heavy atom. The van der Waals surface area contributed by atoms with E-state index in [0.717, 1.165) is 60.8 Å². The first-order valence-electron chi connectivity index (χ1n) is 33.2. The molecule has 2 fully saturated rings. The Morgan fingerprint density at radius 1 is 0.366 bits per heavy atom. The van der Waals surface area contributed by atoms with Gasteiger partial charge in [0, 0.05) is 36.5 Å². The van der Waals surface area contributed by atoms with Crippen LogP contribution in [0.4, 0.5) is 0 Å². The topological polar surface area (TPSA) is 134 Å². The average molecular weight is 1140 g/mol. The number of allylic oxidation sites excluding steroid dienone is 16. The number of carbonyl (C=O) groups is 2. The maximum absolute atomic E-state index is 12.9. The highest BCUT2D eigenvalue weighted by Gasteiger charge is 2.60. The van der Waals surface area contributed by atoms with Crippen molar-refractivity contribution in [2.75, 3.05) is 0 Å². The van der Waals surface area contributed by atoms with Crippen molar-refractivity contribution >= 4 is 11.9 Å². The van der Waals surface area contributed by atoms with Crippen LogP contribution in [0, 0.1) is 10.8 Å². The predicted octanol–water partition coefficient (Wildman–Crippen LogP) is 19.7. The molecule has 2 aliphatic carbocycles. The van der Waals surface area contributed by atoms with E-state index >= 15 is 0 Å². The van der Waals surface area contributed by atoms with Crippen molar-refractivity contribution in [2.45, 2.75) is 336 Å². The van der Waals surface area contributed by atoms with Crippen LogP contribution in [0.25, 0.3) is 0 Å². The molecule has 0 heterocycles. The molecular weight excluding hydrogens is 1020 g/mol. The Bertz CT molecular complexity index is 2050. The Hall–Kier alpha value is -3.56. The minimum absolute atomic E-state index is 0.168. The van der Waals surface area contributed by atoms with Gasteiger partial charge in [-0.3, -0.25) is 9.59 Å². The zero-order valence-electron chi connectivity index (χ0n) is 54.7. The summed E-state index contributed by atoms with van der Waals surface area (Å²) in [5, 5.41) is 47.4. The van der Waals surface area contributed by atoms with Gasteiger partial charge in [0.05, 0.1) is 11.2 Å². The second-order valence-corrected chi connectivity index (χ2v) is 27.0. The molecule has 0 amide bonds. The molecule has 0 aromatic heterocycles. The molecule has 2 aliphatic rings. The minimum Gasteiger partial charge on any atom is -0.462 e. The van der Waals surface area contributed by atoms with Crippen molar-refractivity contribution < 1.29 is 39.5 Å². The molecule has 8 nitrogen and oxygen atoms in total. The molecule has 468 valence electrons. The molecule has 0 unspecified atom stereocenters. The summed E-state index contributed by atoms with van der Waals surface area (Å²) in [4.78, 5) is 25.7. The molecular formula is C74H124O8. The lowest BCUT2D eigenvalue weighted by molar-refractivity contribution is -0.223. The monoisotopic (exact) mass is 1140 g/mol. The van der Waals surface area contributed by atoms with Gasteiger partial charge in [0.2, 0.25) is 0 Å². The number of rotatable bonds is 42. The second kappa shape index (κ2) is 39.9. The van der Waals surface area contributed by atoms with Crippen LogP contribution in [0.15, 0.2) is 107 Å². The standard InChI is InChI=1S/C74H124O8/c1-13-15-17-19-21-23-25-27-28-30-32-34-36-38-40-52-68(76)82-66-58-70(9,10)74(80,72(12,78)60-66)56-54-64(6)50-44-48-62(4)46-42-41-45-61(3)47-43-49-63(5)53-55-73(79)69(7,8)57-65(59-71(73,11)77)81-67(75)51-39-37-35-33-31-29-26-24-22-20-18-16-14-2/h41-50,53-56,65-66,77-80H,13-40,51-52,57-60H2,1-12H3/b42-41+,47-43+,48-44+,55-53+,56-54+,61-45+,62-46+,63-49+,64-50+/t65-,66-,71+,72+,73+,74+/m0/s1. The van der Waals surface area contributed by atoms with E-state index in [-0.39, 0.29) is 24.8 Å². The molecule has 2 rings (SSSR count). The maximum atomic E-state index is 12.9. The van der Waals surface area contributed by atoms with Gasteiger partial charge in [0.25, 0.3) is 0 Å². The van der Waals surface area contributed by atoms with Crippen molar-refractivity contribution in [1.29, 1.82) is 0 Å². The van der Waals surface area contributed by atoms with Crippen LogP contribution in [0.2, 0.25) is 0 Å². The molecule has 82 heavy (non-hydrogen) atoms. The van der Waals surface area contributed by atoms with Crippen LogP contribution in [0.5, 0.6) is 0 Å². The highest BCUT2D eigenvalue weighted by Crippen LogP contribution is 2.52. The summed E-state index contributed by atoms with van der Waals surface area (Å²) < 4.78 is 11.8. The van der Waals surface area contributed by atoms with E-state index in [1.807, 2.05) is 128 Å². The van der Waals surface area contributed by atoms with Gasteiger partial charge in [0.1, 0.15) is 23.4 Å². The third kappa shape index (κ3) is 28.6. The molecule has 0 bridgehead atoms. The fourth-order valence-corrected chi connectivity index (χ4v) is 12.5. The molecule has 0 radical (unpaired) electrons. The summed E-state index contributed by atoms with van der Waals surface area (Å²) in [7, 11) is 0. The van der Waals surface area contributed by atoms with Gasteiger partial charge in [-0.1, -0.05) is 304 Å². The Kier molecular flexibility index (Phi) is 36.3. The van der Waals surface area contributed by atoms with Crippen LogP contribution in [-0.4, -0.2) is 67.0 Å². The lowest BCUT2D eigenvalue weighted by atomic mass is 9.57. The smallest absolute Gasteiger partial charge is 0.306 e. The number of aliphatic hydroxyl groups is 4. The minimum atomic E-state index is -1.53. The number of ether oxygens (including phenoxy) is 2. The van der Waals surface area contributed by atoms with Crippen molar-refractivity contribution in [1.82, 2.24) is 0 Å². The van der Waals surface area contributed by atoms with E-state index in [2.05, 4.69) is 13.8 Å². The molecule has 2 saturated carbocycles. The summed E-state index contributed by atoms with van der Waals surface area (Å²) in [6.07, 6.45) is 63.7. The first-order valence-corrected chi connectivity index (χ1v) is 33.2. The summed E-state index contributed by atoms with van der Waals surface area (Å²) >= 11 is 0. The third-order valence-electron chi connectivity index (χ3n) is 17.9. The van der Waals surface area contributed by atoms with Crippen LogP contribution in [0.1, 0.15) is 301 Å². The lowest BCUT2D eigenvalue weighted by Crippen LogP contribution is -2.65. The average Bonchev–Trinajstić information content (AvgIpc) is 2.38. The maximum Gasteiger partial charge on any atom is 0.306 e. The zero-order valence-corrected chi connectivity index (χ0v) is 54.7. The third-order valence-corrected chi connectivity index (χ3v) is 17.9. The van der Waals surface area contributed by atoms with E-state index in [9.17, 15) is 30.0 Å². The van der Waals surface area contributed by atoms with Gasteiger partial charge in [-0.15, -0.1) is 0 Å². The fraction of sp³-hybridized carbons (Fsp3) is 0.730. The van der Waals surface area contributed by atoms with E-state index < -0.39 is 45.4 Å². The van der Waals surface area contributed by atoms with E-state index in [1.54, 1.807) is 26.0 Å². The number of esters is 2. The van der Waals surface area contributed by atoms with Crippen LogP contribution >= 0.6 is 0 Å². The van der Waals surface area contributed by atoms with E-state index in [1.165, 1.54) is 141 Å². The van der Waals surface area contributed by atoms with Crippen molar-refractivity contribution in [3.63, 3.8) is 0 Å². The predicted molar refractivity (Wildman–Crippen MR) is 348 cm³/mol. The first kappa shape index (κ1) is 74.5. The Balaban J connectivity index is 1.78. The first-order chi connectivity index (χ1) is 38.8. The molecule has 4 N–H and O–H groups in total. The molecule has 0 aliphatic heterocycles. The Labute approximate surface area is 503 Å². The lowest BCUT2D eigenvalue weighted by Gasteiger charge is -2.55. The normalized spacial score (nSPS) is 25.7. The number of carbonyl (C=O) groups excluding carboxylic acids is 2. The largest absolute Gasteiger partial charge is 0.462 e. The van der Waals surface area contributed by atoms with Gasteiger partial charge in [-0.25, -0.2) is 0 Å². The molecule has 6 atom stereocenters. The zero-order chi connectivity index (χ0) is 61.0. The second-order valence-electron chi connectivity index (χ2n) is 27.0. The fourth-order valence-electron chi connectivity index (χ4n) is 12.5. The highest BCUT2D eigenvalue weighted by molar-refractivity contribution is 5.70. The van der Waals surface area contributed by atoms with Crippen LogP contribution in [-0.2, 0) is 19.1 Å². The van der Waals surface area contributed by atoms with Crippen LogP contribution in [0.3, 0.4) is 0 Å². The van der Waals surface area contributed by atoms with Gasteiger partial charge in [-0.05, 0) is 79.4 Å². The number of hydrogen-bond donors (Lipinski definition) is 4. The summed E-state index contributed by atoms with van der Waals surface area (Å²) in [6.45, 7) is 23.5. The summed E-state index contributed by atoms with van der Waals surface area (Å²) in [5.74, 6) is -0.432. The SMILES string of the molecule is CCCCCCCCCCCCCCCCCC(=O)O[C@H]1CC(C)(C)[C@](O)(/C=C/C(C)=C/C=C/C(C)=C/C=C/C=C(C)/C=C/C=C(C)/C=C/[C@@]2(O)C(C)(C)C[C@H](OC(=O)CCCCCCCCCCCCCCC)C[C@@]2(C)O)[C@](C)(O)C1. The van der Waals surface area contributed by atoms with Gasteiger partial charge in [0.15, 0.2) is 0 Å². The van der Waals surface area contributed by atoms with Gasteiger partial charge < -0.3 is 29.9 Å².